The molecule has 2 N–H and O–H groups in total. The monoisotopic (exact) mass is 265 g/mol. The quantitative estimate of drug-likeness (QED) is 0.800. The fourth-order valence-electron chi connectivity index (χ4n) is 3.71. The van der Waals surface area contributed by atoms with Gasteiger partial charge in [-0.05, 0) is 71.0 Å². The van der Waals surface area contributed by atoms with Crippen LogP contribution in [0.15, 0.2) is 0 Å². The van der Waals surface area contributed by atoms with E-state index in [0.717, 1.165) is 19.0 Å². The van der Waals surface area contributed by atoms with Crippen LogP contribution < -0.4 is 10.6 Å². The van der Waals surface area contributed by atoms with E-state index in [1.807, 2.05) is 0 Å². The summed E-state index contributed by atoms with van der Waals surface area (Å²) < 4.78 is 0. The van der Waals surface area contributed by atoms with Gasteiger partial charge in [-0.2, -0.15) is 0 Å². The summed E-state index contributed by atoms with van der Waals surface area (Å²) >= 11 is 0. The second kappa shape index (κ2) is 5.80. The fourth-order valence-corrected chi connectivity index (χ4v) is 3.71. The number of amides is 1. The minimum absolute atomic E-state index is 0.0510. The largest absolute Gasteiger partial charge is 0.352 e. The SMILES string of the molecule is CC(C(=O)NC1CC1)N1CCCC1C1CCCNC1. The van der Waals surface area contributed by atoms with Crippen LogP contribution in [0.5, 0.6) is 0 Å². The predicted molar refractivity (Wildman–Crippen MR) is 75.9 cm³/mol. The van der Waals surface area contributed by atoms with Crippen molar-refractivity contribution < 1.29 is 4.79 Å². The molecule has 3 unspecified atom stereocenters. The van der Waals surface area contributed by atoms with Crippen LogP contribution in [0.3, 0.4) is 0 Å². The lowest BCUT2D eigenvalue weighted by Crippen LogP contribution is -2.51. The van der Waals surface area contributed by atoms with Gasteiger partial charge in [0.05, 0.1) is 6.04 Å². The van der Waals surface area contributed by atoms with E-state index in [2.05, 4.69) is 22.5 Å². The van der Waals surface area contributed by atoms with Gasteiger partial charge in [0.1, 0.15) is 0 Å². The topological polar surface area (TPSA) is 44.4 Å². The molecule has 2 saturated heterocycles. The second-order valence-electron chi connectivity index (χ2n) is 6.51. The molecule has 2 heterocycles. The minimum Gasteiger partial charge on any atom is -0.352 e. The van der Waals surface area contributed by atoms with Crippen molar-refractivity contribution in [3.63, 3.8) is 0 Å². The Labute approximate surface area is 116 Å². The summed E-state index contributed by atoms with van der Waals surface area (Å²) in [4.78, 5) is 14.7. The molecule has 3 aliphatic rings. The standard InChI is InChI=1S/C15H27N3O/c1-11(15(19)17-13-6-7-13)18-9-3-5-14(18)12-4-2-8-16-10-12/h11-14,16H,2-10H2,1H3,(H,17,19). The molecule has 0 radical (unpaired) electrons. The molecule has 1 saturated carbocycles. The summed E-state index contributed by atoms with van der Waals surface area (Å²) in [6.07, 6.45) is 7.49. The van der Waals surface area contributed by atoms with Crippen molar-refractivity contribution in [3.8, 4) is 0 Å². The van der Waals surface area contributed by atoms with E-state index in [0.29, 0.717) is 12.1 Å². The first kappa shape index (κ1) is 13.4. The zero-order valence-electron chi connectivity index (χ0n) is 12.0. The van der Waals surface area contributed by atoms with Gasteiger partial charge in [0.15, 0.2) is 0 Å². The lowest BCUT2D eigenvalue weighted by atomic mass is 9.89. The molecule has 0 spiro atoms. The first-order chi connectivity index (χ1) is 9.25. The number of likely N-dealkylation sites (tertiary alicyclic amines) is 1. The molecule has 1 amide bonds. The van der Waals surface area contributed by atoms with Gasteiger partial charge in [0, 0.05) is 12.1 Å². The second-order valence-corrected chi connectivity index (χ2v) is 6.51. The molecular formula is C15H27N3O. The number of nitrogens with zero attached hydrogens (tertiary/aromatic N) is 1. The van der Waals surface area contributed by atoms with E-state index < -0.39 is 0 Å². The molecule has 19 heavy (non-hydrogen) atoms. The Bertz CT molecular complexity index is 323. The first-order valence-corrected chi connectivity index (χ1v) is 8.02. The minimum atomic E-state index is 0.0510. The number of hydrogen-bond acceptors (Lipinski definition) is 3. The molecule has 3 atom stereocenters. The van der Waals surface area contributed by atoms with E-state index in [1.165, 1.54) is 45.1 Å². The highest BCUT2D eigenvalue weighted by molar-refractivity contribution is 5.82. The molecule has 0 aromatic heterocycles. The molecule has 108 valence electrons. The number of rotatable bonds is 4. The third-order valence-electron chi connectivity index (χ3n) is 5.02. The number of piperidine rings is 1. The van der Waals surface area contributed by atoms with Crippen molar-refractivity contribution in [2.24, 2.45) is 5.92 Å². The van der Waals surface area contributed by atoms with Crippen LogP contribution in [0.4, 0.5) is 0 Å². The van der Waals surface area contributed by atoms with Gasteiger partial charge in [-0.3, -0.25) is 9.69 Å². The summed E-state index contributed by atoms with van der Waals surface area (Å²) in [5.41, 5.74) is 0. The van der Waals surface area contributed by atoms with Gasteiger partial charge in [-0.25, -0.2) is 0 Å². The van der Waals surface area contributed by atoms with Crippen LogP contribution in [-0.2, 0) is 4.79 Å². The van der Waals surface area contributed by atoms with Gasteiger partial charge < -0.3 is 10.6 Å². The third kappa shape index (κ3) is 3.11. The molecule has 4 heteroatoms. The summed E-state index contributed by atoms with van der Waals surface area (Å²) in [6.45, 7) is 5.49. The first-order valence-electron chi connectivity index (χ1n) is 8.02. The number of carbonyl (C=O) groups excluding carboxylic acids is 1. The normalized spacial score (nSPS) is 34.2. The Balaban J connectivity index is 1.59. The lowest BCUT2D eigenvalue weighted by molar-refractivity contribution is -0.126. The van der Waals surface area contributed by atoms with E-state index in [4.69, 9.17) is 0 Å². The van der Waals surface area contributed by atoms with Crippen molar-refractivity contribution in [2.75, 3.05) is 19.6 Å². The summed E-state index contributed by atoms with van der Waals surface area (Å²) in [5, 5.41) is 6.67. The highest BCUT2D eigenvalue weighted by Crippen LogP contribution is 2.30. The van der Waals surface area contributed by atoms with Gasteiger partial charge in [0.2, 0.25) is 5.91 Å². The number of hydrogen-bond donors (Lipinski definition) is 2. The summed E-state index contributed by atoms with van der Waals surface area (Å²) in [5.74, 6) is 0.991. The summed E-state index contributed by atoms with van der Waals surface area (Å²) in [7, 11) is 0. The smallest absolute Gasteiger partial charge is 0.237 e. The highest BCUT2D eigenvalue weighted by atomic mass is 16.2. The lowest BCUT2D eigenvalue weighted by Gasteiger charge is -2.37. The van der Waals surface area contributed by atoms with Crippen LogP contribution >= 0.6 is 0 Å². The third-order valence-corrected chi connectivity index (χ3v) is 5.02. The fraction of sp³-hybridized carbons (Fsp3) is 0.933. The predicted octanol–water partition coefficient (Wildman–Crippen LogP) is 1.12. The van der Waals surface area contributed by atoms with E-state index in [9.17, 15) is 4.79 Å². The molecular weight excluding hydrogens is 238 g/mol. The Morgan fingerprint density at radius 2 is 2.11 bits per heavy atom. The number of nitrogens with one attached hydrogen (secondary N) is 2. The van der Waals surface area contributed by atoms with E-state index in [1.54, 1.807) is 0 Å². The Morgan fingerprint density at radius 3 is 2.79 bits per heavy atom. The molecule has 0 bridgehead atoms. The molecule has 2 aliphatic heterocycles. The van der Waals surface area contributed by atoms with Gasteiger partial charge >= 0.3 is 0 Å². The van der Waals surface area contributed by atoms with Crippen LogP contribution in [-0.4, -0.2) is 48.6 Å². The maximum Gasteiger partial charge on any atom is 0.237 e. The Kier molecular flexibility index (Phi) is 4.08. The molecule has 3 rings (SSSR count). The van der Waals surface area contributed by atoms with Crippen molar-refractivity contribution >= 4 is 5.91 Å². The average Bonchev–Trinajstić information content (AvgIpc) is 3.12. The van der Waals surface area contributed by atoms with Crippen molar-refractivity contribution in [1.82, 2.24) is 15.5 Å². The van der Waals surface area contributed by atoms with Gasteiger partial charge in [0.25, 0.3) is 0 Å². The number of carbonyl (C=O) groups is 1. The Hall–Kier alpha value is -0.610. The van der Waals surface area contributed by atoms with Crippen molar-refractivity contribution in [3.05, 3.63) is 0 Å². The highest BCUT2D eigenvalue weighted by Gasteiger charge is 2.38. The maximum atomic E-state index is 12.2. The van der Waals surface area contributed by atoms with Crippen LogP contribution in [0.2, 0.25) is 0 Å². The summed E-state index contributed by atoms with van der Waals surface area (Å²) in [6, 6.07) is 1.15. The molecule has 0 aromatic rings. The van der Waals surface area contributed by atoms with Crippen molar-refractivity contribution in [2.45, 2.75) is 63.6 Å². The van der Waals surface area contributed by atoms with Gasteiger partial charge in [-0.15, -0.1) is 0 Å². The van der Waals surface area contributed by atoms with Crippen molar-refractivity contribution in [1.29, 1.82) is 0 Å². The molecule has 3 fully saturated rings. The molecule has 4 nitrogen and oxygen atoms in total. The zero-order valence-corrected chi connectivity index (χ0v) is 12.0. The van der Waals surface area contributed by atoms with E-state index >= 15 is 0 Å². The van der Waals surface area contributed by atoms with Crippen LogP contribution in [0, 0.1) is 5.92 Å². The van der Waals surface area contributed by atoms with E-state index in [-0.39, 0.29) is 11.9 Å². The maximum absolute atomic E-state index is 12.2. The van der Waals surface area contributed by atoms with Crippen LogP contribution in [0.25, 0.3) is 0 Å². The zero-order chi connectivity index (χ0) is 13.2. The molecule has 1 aliphatic carbocycles. The van der Waals surface area contributed by atoms with Gasteiger partial charge in [-0.1, -0.05) is 0 Å². The Morgan fingerprint density at radius 1 is 1.26 bits per heavy atom. The van der Waals surface area contributed by atoms with Crippen LogP contribution in [0.1, 0.15) is 45.4 Å². The average molecular weight is 265 g/mol. The molecule has 0 aromatic carbocycles.